The number of carbonyl (C=O) groups is 3. The Morgan fingerprint density at radius 2 is 1.92 bits per heavy atom. The van der Waals surface area contributed by atoms with E-state index in [1.165, 1.54) is 0 Å². The van der Waals surface area contributed by atoms with Crippen LogP contribution >= 0.6 is 0 Å². The van der Waals surface area contributed by atoms with E-state index < -0.39 is 17.9 Å². The second kappa shape index (κ2) is 7.68. The van der Waals surface area contributed by atoms with Crippen molar-refractivity contribution in [2.24, 2.45) is 5.92 Å². The topological polar surface area (TPSA) is 86.7 Å². The van der Waals surface area contributed by atoms with Crippen molar-refractivity contribution in [3.05, 3.63) is 35.9 Å². The summed E-state index contributed by atoms with van der Waals surface area (Å²) in [4.78, 5) is 38.1. The summed E-state index contributed by atoms with van der Waals surface area (Å²) in [5.74, 6) is -1.40. The van der Waals surface area contributed by atoms with Crippen molar-refractivity contribution in [2.45, 2.75) is 50.6 Å². The summed E-state index contributed by atoms with van der Waals surface area (Å²) >= 11 is 0. The van der Waals surface area contributed by atoms with Crippen molar-refractivity contribution in [1.82, 2.24) is 10.2 Å². The van der Waals surface area contributed by atoms with Crippen LogP contribution in [0.2, 0.25) is 0 Å². The number of carbonyl (C=O) groups excluding carboxylic acids is 2. The molecule has 0 bridgehead atoms. The number of amides is 2. The summed E-state index contributed by atoms with van der Waals surface area (Å²) in [6, 6.07) is 8.55. The van der Waals surface area contributed by atoms with Gasteiger partial charge in [-0.05, 0) is 37.7 Å². The van der Waals surface area contributed by atoms with E-state index in [-0.39, 0.29) is 17.9 Å². The van der Waals surface area contributed by atoms with Gasteiger partial charge in [-0.25, -0.2) is 0 Å². The Kier molecular flexibility index (Phi) is 5.36. The normalized spacial score (nSPS) is 24.8. The van der Waals surface area contributed by atoms with E-state index in [9.17, 15) is 14.4 Å². The van der Waals surface area contributed by atoms with Crippen LogP contribution in [0.5, 0.6) is 0 Å². The quantitative estimate of drug-likeness (QED) is 0.856. The Labute approximate surface area is 147 Å². The molecule has 1 aromatic carbocycles. The third kappa shape index (κ3) is 4.00. The molecule has 2 N–H and O–H groups in total. The number of carboxylic acids is 1. The van der Waals surface area contributed by atoms with Crippen molar-refractivity contribution in [3.8, 4) is 0 Å². The molecule has 1 aliphatic carbocycles. The molecule has 3 atom stereocenters. The fourth-order valence-corrected chi connectivity index (χ4v) is 3.82. The highest BCUT2D eigenvalue weighted by Gasteiger charge is 2.36. The molecular formula is C19H24N2O4. The van der Waals surface area contributed by atoms with Gasteiger partial charge in [-0.1, -0.05) is 30.3 Å². The van der Waals surface area contributed by atoms with Gasteiger partial charge in [0, 0.05) is 19.0 Å². The first-order valence-electron chi connectivity index (χ1n) is 8.94. The Morgan fingerprint density at radius 3 is 2.56 bits per heavy atom. The van der Waals surface area contributed by atoms with E-state index in [1.807, 2.05) is 30.3 Å². The summed E-state index contributed by atoms with van der Waals surface area (Å²) < 4.78 is 0. The Morgan fingerprint density at radius 1 is 1.16 bits per heavy atom. The third-order valence-electron chi connectivity index (χ3n) is 5.16. The number of nitrogens with zero attached hydrogens (tertiary/aromatic N) is 1. The Balaban J connectivity index is 1.76. The fourth-order valence-electron chi connectivity index (χ4n) is 3.82. The van der Waals surface area contributed by atoms with Crippen LogP contribution in [0.3, 0.4) is 0 Å². The number of hydrogen-bond acceptors (Lipinski definition) is 3. The van der Waals surface area contributed by atoms with Gasteiger partial charge in [0.2, 0.25) is 11.8 Å². The fraction of sp³-hybridized carbons (Fsp3) is 0.526. The van der Waals surface area contributed by atoms with Crippen LogP contribution in [0, 0.1) is 5.92 Å². The van der Waals surface area contributed by atoms with Gasteiger partial charge in [-0.15, -0.1) is 0 Å². The highest BCUT2D eigenvalue weighted by atomic mass is 16.4. The number of likely N-dealkylation sites (tertiary alicyclic amines) is 1. The Bertz CT molecular complexity index is 646. The first kappa shape index (κ1) is 17.5. The monoisotopic (exact) mass is 344 g/mol. The van der Waals surface area contributed by atoms with Gasteiger partial charge >= 0.3 is 5.97 Å². The van der Waals surface area contributed by atoms with Crippen molar-refractivity contribution >= 4 is 17.8 Å². The van der Waals surface area contributed by atoms with Crippen LogP contribution in [-0.2, 0) is 14.4 Å². The molecule has 1 heterocycles. The van der Waals surface area contributed by atoms with Gasteiger partial charge < -0.3 is 15.3 Å². The molecule has 134 valence electrons. The smallest absolute Gasteiger partial charge is 0.306 e. The standard InChI is InChI=1S/C19H24N2O4/c22-16-8-4-5-11-21(16)17(13-6-2-1-3-7-13)18(23)20-15-10-9-14(12-15)19(24)25/h1-3,6-7,14-15,17H,4-5,8-12H2,(H,20,23)(H,24,25)/t14-,15+,17?/m1/s1. The SMILES string of the molecule is O=C(N[C@H]1CC[C@@H](C(=O)O)C1)C(c1ccccc1)N1CCCCC1=O. The van der Waals surface area contributed by atoms with Gasteiger partial charge in [0.25, 0.3) is 0 Å². The first-order valence-corrected chi connectivity index (χ1v) is 8.94. The predicted octanol–water partition coefficient (Wildman–Crippen LogP) is 2.11. The molecule has 2 amide bonds. The molecule has 3 rings (SSSR count). The zero-order valence-corrected chi connectivity index (χ0v) is 14.2. The van der Waals surface area contributed by atoms with Gasteiger partial charge in [0.15, 0.2) is 0 Å². The van der Waals surface area contributed by atoms with Gasteiger partial charge in [-0.3, -0.25) is 14.4 Å². The molecule has 6 nitrogen and oxygen atoms in total. The van der Waals surface area contributed by atoms with Crippen molar-refractivity contribution < 1.29 is 19.5 Å². The molecule has 1 aliphatic heterocycles. The first-order chi connectivity index (χ1) is 12.1. The molecule has 0 radical (unpaired) electrons. The lowest BCUT2D eigenvalue weighted by molar-refractivity contribution is -0.143. The van der Waals surface area contributed by atoms with E-state index in [2.05, 4.69) is 5.32 Å². The maximum Gasteiger partial charge on any atom is 0.306 e. The molecule has 25 heavy (non-hydrogen) atoms. The van der Waals surface area contributed by atoms with E-state index in [0.29, 0.717) is 32.2 Å². The lowest BCUT2D eigenvalue weighted by atomic mass is 10.00. The predicted molar refractivity (Wildman–Crippen MR) is 91.7 cm³/mol. The van der Waals surface area contributed by atoms with Crippen LogP contribution in [0.4, 0.5) is 0 Å². The summed E-state index contributed by atoms with van der Waals surface area (Å²) in [6.45, 7) is 0.578. The number of rotatable bonds is 5. The van der Waals surface area contributed by atoms with E-state index >= 15 is 0 Å². The molecule has 6 heteroatoms. The second-order valence-electron chi connectivity index (χ2n) is 6.91. The minimum Gasteiger partial charge on any atom is -0.481 e. The number of aliphatic carboxylic acids is 1. The number of benzene rings is 1. The van der Waals surface area contributed by atoms with E-state index in [0.717, 1.165) is 18.4 Å². The highest BCUT2D eigenvalue weighted by Crippen LogP contribution is 2.29. The summed E-state index contributed by atoms with van der Waals surface area (Å²) in [5.41, 5.74) is 0.794. The van der Waals surface area contributed by atoms with Crippen LogP contribution in [0.1, 0.15) is 50.1 Å². The van der Waals surface area contributed by atoms with Crippen LogP contribution in [-0.4, -0.2) is 40.4 Å². The molecule has 1 aromatic rings. The van der Waals surface area contributed by atoms with Crippen molar-refractivity contribution in [2.75, 3.05) is 6.54 Å². The summed E-state index contributed by atoms with van der Waals surface area (Å²) in [6.07, 6.45) is 3.93. The summed E-state index contributed by atoms with van der Waals surface area (Å²) in [5, 5.41) is 12.1. The molecule has 1 saturated heterocycles. The van der Waals surface area contributed by atoms with Crippen LogP contribution < -0.4 is 5.32 Å². The van der Waals surface area contributed by atoms with E-state index in [4.69, 9.17) is 5.11 Å². The molecule has 1 unspecified atom stereocenters. The van der Waals surface area contributed by atoms with Crippen molar-refractivity contribution in [1.29, 1.82) is 0 Å². The maximum atomic E-state index is 13.0. The second-order valence-corrected chi connectivity index (χ2v) is 6.91. The minimum atomic E-state index is -0.803. The molecule has 1 saturated carbocycles. The molecule has 2 aliphatic rings. The largest absolute Gasteiger partial charge is 0.481 e. The minimum absolute atomic E-state index is 0.00471. The summed E-state index contributed by atoms with van der Waals surface area (Å²) in [7, 11) is 0. The van der Waals surface area contributed by atoms with Gasteiger partial charge in [0.05, 0.1) is 5.92 Å². The van der Waals surface area contributed by atoms with Gasteiger partial charge in [-0.2, -0.15) is 0 Å². The molecular weight excluding hydrogens is 320 g/mol. The number of hydrogen-bond donors (Lipinski definition) is 2. The third-order valence-corrected chi connectivity index (χ3v) is 5.16. The zero-order chi connectivity index (χ0) is 17.8. The molecule has 0 aromatic heterocycles. The van der Waals surface area contributed by atoms with Crippen LogP contribution in [0.15, 0.2) is 30.3 Å². The molecule has 0 spiro atoms. The Hall–Kier alpha value is -2.37. The number of carboxylic acid groups (broad SMARTS) is 1. The van der Waals surface area contributed by atoms with E-state index in [1.54, 1.807) is 4.90 Å². The van der Waals surface area contributed by atoms with Gasteiger partial charge in [0.1, 0.15) is 6.04 Å². The molecule has 2 fully saturated rings. The van der Waals surface area contributed by atoms with Crippen molar-refractivity contribution in [3.63, 3.8) is 0 Å². The average molecular weight is 344 g/mol. The zero-order valence-electron chi connectivity index (χ0n) is 14.2. The lowest BCUT2D eigenvalue weighted by Gasteiger charge is -2.34. The maximum absolute atomic E-state index is 13.0. The lowest BCUT2D eigenvalue weighted by Crippen LogP contribution is -2.47. The average Bonchev–Trinajstić information content (AvgIpc) is 3.07. The highest BCUT2D eigenvalue weighted by molar-refractivity contribution is 5.89. The van der Waals surface area contributed by atoms with Crippen LogP contribution in [0.25, 0.3) is 0 Å². The number of piperidine rings is 1. The number of nitrogens with one attached hydrogen (secondary N) is 1.